The summed E-state index contributed by atoms with van der Waals surface area (Å²) in [6.45, 7) is 3.39. The number of hydrogen-bond donors (Lipinski definition) is 2. The highest BCUT2D eigenvalue weighted by Gasteiger charge is 2.21. The van der Waals surface area contributed by atoms with Crippen molar-refractivity contribution < 1.29 is 24.0 Å². The number of amides is 1. The Hall–Kier alpha value is -2.85. The Morgan fingerprint density at radius 1 is 1.11 bits per heavy atom. The Bertz CT molecular complexity index is 889. The van der Waals surface area contributed by atoms with Gasteiger partial charge >= 0.3 is 12.1 Å². The van der Waals surface area contributed by atoms with Crippen LogP contribution in [0.3, 0.4) is 0 Å². The van der Waals surface area contributed by atoms with E-state index in [9.17, 15) is 19.3 Å². The summed E-state index contributed by atoms with van der Waals surface area (Å²) in [7, 11) is -2.29. The molecule has 2 N–H and O–H groups in total. The van der Waals surface area contributed by atoms with E-state index in [1.807, 2.05) is 36.4 Å². The van der Waals surface area contributed by atoms with Gasteiger partial charge in [0, 0.05) is 6.42 Å². The monoisotopic (exact) mass is 401 g/mol. The summed E-state index contributed by atoms with van der Waals surface area (Å²) in [6, 6.07) is 15.2. The summed E-state index contributed by atoms with van der Waals surface area (Å²) in [6.07, 6.45) is 1.07. The number of hydrogen-bond acceptors (Lipinski definition) is 4. The zero-order valence-electron chi connectivity index (χ0n) is 15.9. The van der Waals surface area contributed by atoms with Crippen LogP contribution in [0.25, 0.3) is 6.08 Å². The first-order valence-electron chi connectivity index (χ1n) is 8.76. The Balaban J connectivity index is 1.98. The minimum absolute atomic E-state index is 0.0629. The molecule has 0 heterocycles. The number of benzene rings is 2. The predicted molar refractivity (Wildman–Crippen MR) is 110 cm³/mol. The van der Waals surface area contributed by atoms with Crippen LogP contribution in [0.2, 0.25) is 0 Å². The molecule has 1 atom stereocenters. The second kappa shape index (κ2) is 9.90. The van der Waals surface area contributed by atoms with Crippen molar-refractivity contribution in [1.29, 1.82) is 0 Å². The third-order valence-corrected chi connectivity index (χ3v) is 4.69. The van der Waals surface area contributed by atoms with E-state index in [0.717, 1.165) is 16.7 Å². The highest BCUT2D eigenvalue weighted by molar-refractivity contribution is 7.65. The molecular weight excluding hydrogens is 377 g/mol. The van der Waals surface area contributed by atoms with Crippen LogP contribution in [0.15, 0.2) is 60.4 Å². The lowest BCUT2D eigenvalue weighted by molar-refractivity contribution is -0.139. The average Bonchev–Trinajstić information content (AvgIpc) is 2.65. The maximum atomic E-state index is 12.0. The molecule has 7 heteroatoms. The summed E-state index contributed by atoms with van der Waals surface area (Å²) in [4.78, 5) is 23.5. The second-order valence-corrected chi connectivity index (χ2v) is 9.96. The predicted octanol–water partition coefficient (Wildman–Crippen LogP) is 4.20. The number of nitrogens with one attached hydrogen (secondary N) is 1. The molecule has 1 amide bonds. The number of aliphatic carboxylic acids is 1. The molecule has 0 fully saturated rings. The molecule has 0 aliphatic rings. The molecule has 28 heavy (non-hydrogen) atoms. The molecule has 148 valence electrons. The van der Waals surface area contributed by atoms with Crippen LogP contribution in [-0.2, 0) is 27.1 Å². The van der Waals surface area contributed by atoms with Gasteiger partial charge in [0.05, 0.1) is 0 Å². The van der Waals surface area contributed by atoms with Gasteiger partial charge in [-0.3, -0.25) is 0 Å². The lowest BCUT2D eigenvalue weighted by Crippen LogP contribution is -2.42. The molecule has 2 aromatic rings. The van der Waals surface area contributed by atoms with Crippen LogP contribution < -0.4 is 5.32 Å². The summed E-state index contributed by atoms with van der Waals surface area (Å²) < 4.78 is 16.9. The molecule has 2 rings (SSSR count). The van der Waals surface area contributed by atoms with Gasteiger partial charge in [-0.2, -0.15) is 0 Å². The molecule has 0 radical (unpaired) electrons. The number of carbonyl (C=O) groups is 2. The number of ether oxygens (including phenoxy) is 1. The SMILES string of the molecule is CP(C)(=O)/C=C\c1cccc(CC(NC(=O)OCc2ccccc2)C(=O)O)c1. The lowest BCUT2D eigenvalue weighted by Gasteiger charge is -2.15. The van der Waals surface area contributed by atoms with Gasteiger partial charge < -0.3 is 19.7 Å². The number of rotatable bonds is 8. The maximum absolute atomic E-state index is 12.0. The molecule has 1 unspecified atom stereocenters. The van der Waals surface area contributed by atoms with E-state index < -0.39 is 25.2 Å². The minimum atomic E-state index is -2.29. The molecule has 0 aromatic heterocycles. The van der Waals surface area contributed by atoms with Crippen molar-refractivity contribution in [1.82, 2.24) is 5.32 Å². The number of carboxylic acids is 1. The van der Waals surface area contributed by atoms with Crippen molar-refractivity contribution in [2.75, 3.05) is 13.3 Å². The average molecular weight is 401 g/mol. The summed E-state index contributed by atoms with van der Waals surface area (Å²) >= 11 is 0. The van der Waals surface area contributed by atoms with E-state index in [2.05, 4.69) is 5.32 Å². The summed E-state index contributed by atoms with van der Waals surface area (Å²) in [5.74, 6) is 0.504. The van der Waals surface area contributed by atoms with Crippen molar-refractivity contribution >= 4 is 25.3 Å². The van der Waals surface area contributed by atoms with Crippen molar-refractivity contribution in [2.24, 2.45) is 0 Å². The highest BCUT2D eigenvalue weighted by atomic mass is 31.2. The van der Waals surface area contributed by atoms with E-state index in [-0.39, 0.29) is 13.0 Å². The van der Waals surface area contributed by atoms with Crippen LogP contribution in [0.1, 0.15) is 16.7 Å². The van der Waals surface area contributed by atoms with Gasteiger partial charge in [0.25, 0.3) is 0 Å². The number of carboxylic acid groups (broad SMARTS) is 1. The van der Waals surface area contributed by atoms with E-state index >= 15 is 0 Å². The van der Waals surface area contributed by atoms with Gasteiger partial charge in [0.2, 0.25) is 0 Å². The van der Waals surface area contributed by atoms with E-state index in [4.69, 9.17) is 4.74 Å². The van der Waals surface area contributed by atoms with Crippen molar-refractivity contribution in [3.8, 4) is 0 Å². The van der Waals surface area contributed by atoms with E-state index in [1.54, 1.807) is 43.4 Å². The number of carbonyl (C=O) groups excluding carboxylic acids is 1. The molecule has 0 saturated carbocycles. The first kappa shape index (κ1) is 21.5. The molecule has 0 saturated heterocycles. The normalized spacial score (nSPS) is 12.5. The second-order valence-electron chi connectivity index (χ2n) is 6.80. The van der Waals surface area contributed by atoms with Crippen molar-refractivity contribution in [2.45, 2.75) is 19.1 Å². The van der Waals surface area contributed by atoms with Crippen molar-refractivity contribution in [3.63, 3.8) is 0 Å². The number of alkyl carbamates (subject to hydrolysis) is 1. The fraction of sp³-hybridized carbons (Fsp3) is 0.238. The standard InChI is InChI=1S/C21H24NO5P/c1-28(2,26)12-11-16-9-6-10-18(13-16)14-19(20(23)24)22-21(25)27-15-17-7-4-3-5-8-17/h3-13,19H,14-15H2,1-2H3,(H,22,25)(H,23,24)/b12-11-. The molecule has 0 bridgehead atoms. The fourth-order valence-corrected chi connectivity index (χ4v) is 2.96. The molecule has 2 aromatic carbocycles. The minimum Gasteiger partial charge on any atom is -0.480 e. The molecule has 6 nitrogen and oxygen atoms in total. The van der Waals surface area contributed by atoms with Gasteiger partial charge in [-0.15, -0.1) is 0 Å². The first-order chi connectivity index (χ1) is 13.2. The van der Waals surface area contributed by atoms with Gasteiger partial charge in [-0.25, -0.2) is 9.59 Å². The fourth-order valence-electron chi connectivity index (χ4n) is 2.43. The topological polar surface area (TPSA) is 92.7 Å². The quantitative estimate of drug-likeness (QED) is 0.647. The van der Waals surface area contributed by atoms with Crippen LogP contribution in [0.5, 0.6) is 0 Å². The lowest BCUT2D eigenvalue weighted by atomic mass is 10.0. The van der Waals surface area contributed by atoms with Gasteiger partial charge in [-0.1, -0.05) is 60.7 Å². The summed E-state index contributed by atoms with van der Waals surface area (Å²) in [5.41, 5.74) is 2.37. The van der Waals surface area contributed by atoms with Crippen LogP contribution >= 0.6 is 7.14 Å². The van der Waals surface area contributed by atoms with E-state index in [0.29, 0.717) is 0 Å². The van der Waals surface area contributed by atoms with Gasteiger partial charge in [0.15, 0.2) is 0 Å². The van der Waals surface area contributed by atoms with Crippen LogP contribution in [-0.4, -0.2) is 36.5 Å². The zero-order chi connectivity index (χ0) is 20.6. The smallest absolute Gasteiger partial charge is 0.408 e. The van der Waals surface area contributed by atoms with Gasteiger partial charge in [0.1, 0.15) is 19.8 Å². The van der Waals surface area contributed by atoms with Crippen LogP contribution in [0, 0.1) is 0 Å². The maximum Gasteiger partial charge on any atom is 0.408 e. The Labute approximate surface area is 164 Å². The largest absolute Gasteiger partial charge is 0.480 e. The zero-order valence-corrected chi connectivity index (χ0v) is 16.8. The Morgan fingerprint density at radius 3 is 2.43 bits per heavy atom. The molecule has 0 aliphatic heterocycles. The highest BCUT2D eigenvalue weighted by Crippen LogP contribution is 2.38. The summed E-state index contributed by atoms with van der Waals surface area (Å²) in [5, 5.41) is 11.8. The molecule has 0 spiro atoms. The third-order valence-electron chi connectivity index (χ3n) is 3.82. The van der Waals surface area contributed by atoms with E-state index in [1.165, 1.54) is 0 Å². The first-order valence-corrected chi connectivity index (χ1v) is 11.4. The van der Waals surface area contributed by atoms with Crippen molar-refractivity contribution in [3.05, 3.63) is 77.1 Å². The van der Waals surface area contributed by atoms with Crippen LogP contribution in [0.4, 0.5) is 4.79 Å². The Morgan fingerprint density at radius 2 is 1.79 bits per heavy atom. The third kappa shape index (κ3) is 7.80. The Kier molecular flexibility index (Phi) is 7.59. The van der Waals surface area contributed by atoms with Gasteiger partial charge in [-0.05, 0) is 35.8 Å². The molecular formula is C21H24NO5P. The molecule has 0 aliphatic carbocycles.